The van der Waals surface area contributed by atoms with E-state index in [9.17, 15) is 4.79 Å². The molecule has 0 bridgehead atoms. The van der Waals surface area contributed by atoms with E-state index >= 15 is 0 Å². The number of benzene rings is 1. The second-order valence-corrected chi connectivity index (χ2v) is 5.91. The molecule has 1 saturated carbocycles. The van der Waals surface area contributed by atoms with Crippen molar-refractivity contribution in [3.63, 3.8) is 0 Å². The molecule has 0 saturated heterocycles. The van der Waals surface area contributed by atoms with Crippen molar-refractivity contribution in [3.8, 4) is 0 Å². The lowest BCUT2D eigenvalue weighted by atomic mass is 9.83. The van der Waals surface area contributed by atoms with Crippen LogP contribution in [0.3, 0.4) is 0 Å². The summed E-state index contributed by atoms with van der Waals surface area (Å²) in [6, 6.07) is 7.03. The Morgan fingerprint density at radius 1 is 1.35 bits per heavy atom. The van der Waals surface area contributed by atoms with Gasteiger partial charge in [-0.3, -0.25) is 4.79 Å². The molecule has 1 aliphatic rings. The summed E-state index contributed by atoms with van der Waals surface area (Å²) in [5.41, 5.74) is 6.66. The van der Waals surface area contributed by atoms with Crippen molar-refractivity contribution in [2.45, 2.75) is 37.6 Å². The molecule has 1 amide bonds. The second-order valence-electron chi connectivity index (χ2n) is 5.47. The van der Waals surface area contributed by atoms with Gasteiger partial charge in [-0.1, -0.05) is 36.9 Å². The predicted molar refractivity (Wildman–Crippen MR) is 80.9 cm³/mol. The zero-order valence-corrected chi connectivity index (χ0v) is 12.3. The molecule has 20 heavy (non-hydrogen) atoms. The Balaban J connectivity index is 1.72. The van der Waals surface area contributed by atoms with E-state index in [-0.39, 0.29) is 18.1 Å². The van der Waals surface area contributed by atoms with Crippen LogP contribution >= 0.6 is 11.6 Å². The van der Waals surface area contributed by atoms with Crippen molar-refractivity contribution >= 4 is 23.2 Å². The molecule has 5 heteroatoms. The highest BCUT2D eigenvalue weighted by Gasteiger charge is 2.27. The van der Waals surface area contributed by atoms with Crippen LogP contribution in [0.4, 0.5) is 5.69 Å². The van der Waals surface area contributed by atoms with Crippen LogP contribution in [-0.4, -0.2) is 24.7 Å². The van der Waals surface area contributed by atoms with Gasteiger partial charge in [0.05, 0.1) is 6.61 Å². The maximum Gasteiger partial charge on any atom is 0.250 e. The highest BCUT2D eigenvalue weighted by molar-refractivity contribution is 6.30. The zero-order chi connectivity index (χ0) is 14.4. The fraction of sp³-hybridized carbons (Fsp3) is 0.533. The average molecular weight is 297 g/mol. The fourth-order valence-electron chi connectivity index (χ4n) is 2.51. The van der Waals surface area contributed by atoms with Crippen LogP contribution in [0.1, 0.15) is 32.1 Å². The number of anilines is 1. The molecule has 1 aromatic rings. The predicted octanol–water partition coefficient (Wildman–Crippen LogP) is 2.96. The largest absolute Gasteiger partial charge is 0.370 e. The van der Waals surface area contributed by atoms with Crippen molar-refractivity contribution in [3.05, 3.63) is 29.3 Å². The Kier molecular flexibility index (Phi) is 5.40. The number of hydrogen-bond donors (Lipinski definition) is 2. The normalized spacial score (nSPS) is 17.7. The Morgan fingerprint density at radius 3 is 2.80 bits per heavy atom. The highest BCUT2D eigenvalue weighted by Crippen LogP contribution is 2.26. The summed E-state index contributed by atoms with van der Waals surface area (Å²) < 4.78 is 5.47. The fourth-order valence-corrected chi connectivity index (χ4v) is 2.70. The number of hydrogen-bond acceptors (Lipinski definition) is 3. The number of carbonyl (C=O) groups excluding carboxylic acids is 1. The molecule has 4 nitrogen and oxygen atoms in total. The van der Waals surface area contributed by atoms with Gasteiger partial charge in [-0.15, -0.1) is 0 Å². The maximum absolute atomic E-state index is 11.7. The van der Waals surface area contributed by atoms with E-state index in [2.05, 4.69) is 5.32 Å². The molecule has 1 aromatic carbocycles. The van der Waals surface area contributed by atoms with Gasteiger partial charge in [0.2, 0.25) is 5.91 Å². The molecule has 2 rings (SSSR count). The Labute approximate surface area is 124 Å². The van der Waals surface area contributed by atoms with Crippen LogP contribution in [0, 0.1) is 0 Å². The van der Waals surface area contributed by atoms with Crippen molar-refractivity contribution in [1.29, 1.82) is 0 Å². The molecule has 0 heterocycles. The minimum Gasteiger partial charge on any atom is -0.370 e. The number of ether oxygens (including phenoxy) is 1. The number of halogens is 1. The number of nitrogens with one attached hydrogen (secondary N) is 1. The van der Waals surface area contributed by atoms with E-state index in [0.29, 0.717) is 17.3 Å². The summed E-state index contributed by atoms with van der Waals surface area (Å²) in [5, 5.41) is 3.33. The van der Waals surface area contributed by atoms with E-state index in [1.807, 2.05) is 0 Å². The van der Waals surface area contributed by atoms with Crippen LogP contribution in [0.2, 0.25) is 5.02 Å². The van der Waals surface area contributed by atoms with Gasteiger partial charge in [-0.05, 0) is 31.0 Å². The van der Waals surface area contributed by atoms with Crippen LogP contribution in [0.25, 0.3) is 0 Å². The van der Waals surface area contributed by atoms with E-state index < -0.39 is 0 Å². The van der Waals surface area contributed by atoms with Gasteiger partial charge in [0, 0.05) is 16.2 Å². The minimum atomic E-state index is -0.255. The van der Waals surface area contributed by atoms with Crippen LogP contribution < -0.4 is 11.1 Å². The molecule has 1 fully saturated rings. The monoisotopic (exact) mass is 296 g/mol. The summed E-state index contributed by atoms with van der Waals surface area (Å²) in [6.45, 7) is 0.460. The summed E-state index contributed by atoms with van der Waals surface area (Å²) in [6.07, 6.45) is 5.49. The Morgan fingerprint density at radius 2 is 2.10 bits per heavy atom. The van der Waals surface area contributed by atoms with Crippen LogP contribution in [-0.2, 0) is 9.53 Å². The first-order chi connectivity index (χ1) is 9.57. The topological polar surface area (TPSA) is 64.3 Å². The molecule has 3 N–H and O–H groups in total. The third-order valence-electron chi connectivity index (χ3n) is 3.58. The van der Waals surface area contributed by atoms with E-state index in [1.165, 1.54) is 6.42 Å². The lowest BCUT2D eigenvalue weighted by Crippen LogP contribution is -2.46. The van der Waals surface area contributed by atoms with Gasteiger partial charge >= 0.3 is 0 Å². The number of amides is 1. The summed E-state index contributed by atoms with van der Waals surface area (Å²) in [5.74, 6) is -0.188. The molecule has 110 valence electrons. The van der Waals surface area contributed by atoms with Gasteiger partial charge < -0.3 is 15.8 Å². The third-order valence-corrected chi connectivity index (χ3v) is 3.82. The van der Waals surface area contributed by atoms with Crippen molar-refractivity contribution in [2.24, 2.45) is 5.73 Å². The molecule has 0 spiro atoms. The van der Waals surface area contributed by atoms with Crippen molar-refractivity contribution in [1.82, 2.24) is 0 Å². The molecule has 0 atom stereocenters. The minimum absolute atomic E-state index is 0.0193. The van der Waals surface area contributed by atoms with Gasteiger partial charge in [0.25, 0.3) is 0 Å². The SMILES string of the molecule is NC1(COCC(=O)Nc2cccc(Cl)c2)CCCCC1. The van der Waals surface area contributed by atoms with E-state index in [0.717, 1.165) is 25.7 Å². The van der Waals surface area contributed by atoms with Crippen LogP contribution in [0.5, 0.6) is 0 Å². The first kappa shape index (κ1) is 15.3. The number of nitrogens with two attached hydrogens (primary N) is 1. The van der Waals surface area contributed by atoms with Gasteiger partial charge in [-0.25, -0.2) is 0 Å². The third kappa shape index (κ3) is 4.78. The van der Waals surface area contributed by atoms with Crippen molar-refractivity contribution in [2.75, 3.05) is 18.5 Å². The zero-order valence-electron chi connectivity index (χ0n) is 11.5. The molecule has 0 aromatic heterocycles. The molecule has 0 unspecified atom stereocenters. The molecule has 1 aliphatic carbocycles. The lowest BCUT2D eigenvalue weighted by molar-refractivity contribution is -0.121. The Bertz CT molecular complexity index is 459. The van der Waals surface area contributed by atoms with E-state index in [4.69, 9.17) is 22.1 Å². The van der Waals surface area contributed by atoms with Crippen LogP contribution in [0.15, 0.2) is 24.3 Å². The smallest absolute Gasteiger partial charge is 0.250 e. The number of rotatable bonds is 5. The maximum atomic E-state index is 11.7. The van der Waals surface area contributed by atoms with Gasteiger partial charge in [0.1, 0.15) is 6.61 Å². The summed E-state index contributed by atoms with van der Waals surface area (Å²) >= 11 is 5.85. The molecule has 0 radical (unpaired) electrons. The lowest BCUT2D eigenvalue weighted by Gasteiger charge is -2.32. The first-order valence-corrected chi connectivity index (χ1v) is 7.37. The summed E-state index contributed by atoms with van der Waals surface area (Å²) in [4.78, 5) is 11.7. The van der Waals surface area contributed by atoms with E-state index in [1.54, 1.807) is 24.3 Å². The summed E-state index contributed by atoms with van der Waals surface area (Å²) in [7, 11) is 0. The standard InChI is InChI=1S/C15H21ClN2O2/c16-12-5-4-6-13(9-12)18-14(19)10-20-11-15(17)7-2-1-3-8-15/h4-6,9H,1-3,7-8,10-11,17H2,(H,18,19). The first-order valence-electron chi connectivity index (χ1n) is 6.99. The number of carbonyl (C=O) groups is 1. The quantitative estimate of drug-likeness (QED) is 0.878. The highest BCUT2D eigenvalue weighted by atomic mass is 35.5. The van der Waals surface area contributed by atoms with Crippen molar-refractivity contribution < 1.29 is 9.53 Å². The molecular formula is C15H21ClN2O2. The average Bonchev–Trinajstić information content (AvgIpc) is 2.39. The van der Waals surface area contributed by atoms with Gasteiger partial charge in [-0.2, -0.15) is 0 Å². The van der Waals surface area contributed by atoms with Gasteiger partial charge in [0.15, 0.2) is 0 Å². The molecular weight excluding hydrogens is 276 g/mol. The molecule has 0 aliphatic heterocycles. The Hall–Kier alpha value is -1.10. The second kappa shape index (κ2) is 7.07.